The van der Waals surface area contributed by atoms with E-state index in [-0.39, 0.29) is 30.1 Å². The quantitative estimate of drug-likeness (QED) is 0.538. The first-order valence-electron chi connectivity index (χ1n) is 10.3. The molecule has 0 aromatic heterocycles. The molecule has 3 aromatic carbocycles. The lowest BCUT2D eigenvalue weighted by Crippen LogP contribution is -2.26. The number of aryl methyl sites for hydroxylation is 1. The van der Waals surface area contributed by atoms with E-state index in [4.69, 9.17) is 9.47 Å². The summed E-state index contributed by atoms with van der Waals surface area (Å²) in [6.45, 7) is 1.99. The van der Waals surface area contributed by atoms with Crippen molar-refractivity contribution in [1.29, 1.82) is 0 Å². The van der Waals surface area contributed by atoms with Crippen LogP contribution >= 0.6 is 0 Å². The fraction of sp³-hybridized carbons (Fsp3) is 0.208. The molecular formula is C24H24N2O5S. The second-order valence-corrected chi connectivity index (χ2v) is 9.23. The van der Waals surface area contributed by atoms with Crippen LogP contribution in [0.3, 0.4) is 0 Å². The van der Waals surface area contributed by atoms with Crippen LogP contribution in [0.2, 0.25) is 0 Å². The van der Waals surface area contributed by atoms with E-state index < -0.39 is 10.0 Å². The summed E-state index contributed by atoms with van der Waals surface area (Å²) in [5.41, 5.74) is 2.40. The molecule has 7 nitrogen and oxygen atoms in total. The molecule has 1 aliphatic rings. The third-order valence-electron chi connectivity index (χ3n) is 5.16. The highest BCUT2D eigenvalue weighted by atomic mass is 32.2. The van der Waals surface area contributed by atoms with Crippen molar-refractivity contribution in [2.24, 2.45) is 0 Å². The van der Waals surface area contributed by atoms with Crippen molar-refractivity contribution in [3.05, 3.63) is 83.9 Å². The van der Waals surface area contributed by atoms with Crippen molar-refractivity contribution in [3.63, 3.8) is 0 Å². The smallest absolute Gasteiger partial charge is 0.241 e. The molecular weight excluding hydrogens is 428 g/mol. The first kappa shape index (κ1) is 21.9. The van der Waals surface area contributed by atoms with Crippen molar-refractivity contribution >= 4 is 21.6 Å². The topological polar surface area (TPSA) is 93.7 Å². The third-order valence-corrected chi connectivity index (χ3v) is 6.72. The number of benzene rings is 3. The van der Waals surface area contributed by atoms with Crippen LogP contribution in [0.5, 0.6) is 11.5 Å². The average Bonchev–Trinajstić information content (AvgIpc) is 3.26. The maximum atomic E-state index is 12.7. The Labute approximate surface area is 187 Å². The highest BCUT2D eigenvalue weighted by Gasteiger charge is 2.18. The maximum absolute atomic E-state index is 12.7. The fourth-order valence-corrected chi connectivity index (χ4v) is 4.63. The minimum absolute atomic E-state index is 0.140. The minimum Gasteiger partial charge on any atom is -0.454 e. The van der Waals surface area contributed by atoms with Gasteiger partial charge in [0, 0.05) is 24.2 Å². The van der Waals surface area contributed by atoms with Gasteiger partial charge in [0.2, 0.25) is 22.7 Å². The summed E-state index contributed by atoms with van der Waals surface area (Å²) in [7, 11) is -3.65. The van der Waals surface area contributed by atoms with E-state index in [1.165, 1.54) is 0 Å². The normalized spacial score (nSPS) is 13.5. The molecule has 0 fully saturated rings. The van der Waals surface area contributed by atoms with Gasteiger partial charge in [0.1, 0.15) is 0 Å². The Balaban J connectivity index is 1.31. The zero-order chi connectivity index (χ0) is 22.6. The molecule has 0 saturated heterocycles. The molecule has 0 radical (unpaired) electrons. The third kappa shape index (κ3) is 5.27. The molecule has 3 aromatic rings. The van der Waals surface area contributed by atoms with E-state index in [1.54, 1.807) is 49.4 Å². The second kappa shape index (κ2) is 9.42. The van der Waals surface area contributed by atoms with Gasteiger partial charge in [0.15, 0.2) is 11.5 Å². The van der Waals surface area contributed by atoms with Crippen LogP contribution in [0.25, 0.3) is 0 Å². The lowest BCUT2D eigenvalue weighted by Gasteiger charge is -2.15. The number of amides is 1. The Bertz CT molecular complexity index is 1190. The van der Waals surface area contributed by atoms with Gasteiger partial charge in [0.25, 0.3) is 0 Å². The standard InChI is InChI=1S/C24H24N2O5S/c1-17(19-5-3-2-4-6-19)26-32(28,29)21-11-7-18(8-12-21)9-14-24(27)25-20-10-13-22-23(15-20)31-16-30-22/h2-8,10-13,15,17,26H,9,14,16H2,1H3,(H,25,27)/t17-/m1/s1. The van der Waals surface area contributed by atoms with Crippen molar-refractivity contribution < 1.29 is 22.7 Å². The molecule has 1 heterocycles. The van der Waals surface area contributed by atoms with Gasteiger partial charge in [-0.05, 0) is 48.7 Å². The monoisotopic (exact) mass is 452 g/mol. The predicted octanol–water partition coefficient (Wildman–Crippen LogP) is 4.03. The van der Waals surface area contributed by atoms with Gasteiger partial charge in [-0.2, -0.15) is 0 Å². The van der Waals surface area contributed by atoms with Gasteiger partial charge in [-0.25, -0.2) is 13.1 Å². The van der Waals surface area contributed by atoms with Gasteiger partial charge >= 0.3 is 0 Å². The number of fused-ring (bicyclic) bond motifs is 1. The molecule has 4 rings (SSSR count). The predicted molar refractivity (Wildman–Crippen MR) is 121 cm³/mol. The summed E-state index contributed by atoms with van der Waals surface area (Å²) in [4.78, 5) is 12.5. The van der Waals surface area contributed by atoms with Crippen molar-refractivity contribution in [2.45, 2.75) is 30.7 Å². The number of carbonyl (C=O) groups excluding carboxylic acids is 1. The number of anilines is 1. The minimum atomic E-state index is -3.65. The van der Waals surface area contributed by atoms with Crippen LogP contribution in [0.15, 0.2) is 77.7 Å². The molecule has 1 atom stereocenters. The van der Waals surface area contributed by atoms with Gasteiger partial charge in [0.05, 0.1) is 4.90 Å². The number of ether oxygens (including phenoxy) is 2. The molecule has 8 heteroatoms. The Kier molecular flexibility index (Phi) is 6.43. The largest absolute Gasteiger partial charge is 0.454 e. The number of carbonyl (C=O) groups is 1. The summed E-state index contributed by atoms with van der Waals surface area (Å²) >= 11 is 0. The van der Waals surface area contributed by atoms with Crippen LogP contribution in [0, 0.1) is 0 Å². The SMILES string of the molecule is C[C@@H](NS(=O)(=O)c1ccc(CCC(=O)Nc2ccc3c(c2)OCO3)cc1)c1ccccc1. The molecule has 0 unspecified atom stereocenters. The molecule has 1 amide bonds. The van der Waals surface area contributed by atoms with Gasteiger partial charge in [-0.15, -0.1) is 0 Å². The summed E-state index contributed by atoms with van der Waals surface area (Å²) in [5, 5.41) is 2.83. The Hall–Kier alpha value is -3.36. The molecule has 0 saturated carbocycles. The van der Waals surface area contributed by atoms with E-state index in [0.717, 1.165) is 11.1 Å². The number of sulfonamides is 1. The van der Waals surface area contributed by atoms with Crippen molar-refractivity contribution in [3.8, 4) is 11.5 Å². The lowest BCUT2D eigenvalue weighted by atomic mass is 10.1. The summed E-state index contributed by atoms with van der Waals surface area (Å²) in [6.07, 6.45) is 0.758. The maximum Gasteiger partial charge on any atom is 0.241 e. The van der Waals surface area contributed by atoms with Gasteiger partial charge in [-0.1, -0.05) is 42.5 Å². The molecule has 0 aliphatic carbocycles. The molecule has 166 valence electrons. The zero-order valence-corrected chi connectivity index (χ0v) is 18.4. The van der Waals surface area contributed by atoms with Gasteiger partial charge in [-0.3, -0.25) is 4.79 Å². The van der Waals surface area contributed by atoms with Gasteiger partial charge < -0.3 is 14.8 Å². The first-order chi connectivity index (χ1) is 15.4. The Morgan fingerprint density at radius 2 is 1.69 bits per heavy atom. The summed E-state index contributed by atoms with van der Waals surface area (Å²) < 4.78 is 38.6. The van der Waals surface area contributed by atoms with E-state index >= 15 is 0 Å². The number of nitrogens with one attached hydrogen (secondary N) is 2. The Morgan fingerprint density at radius 1 is 0.969 bits per heavy atom. The van der Waals surface area contributed by atoms with E-state index in [9.17, 15) is 13.2 Å². The highest BCUT2D eigenvalue weighted by molar-refractivity contribution is 7.89. The van der Waals surface area contributed by atoms with Crippen LogP contribution < -0.4 is 19.5 Å². The van der Waals surface area contributed by atoms with Crippen LogP contribution in [-0.4, -0.2) is 21.1 Å². The first-order valence-corrected chi connectivity index (χ1v) is 11.7. The van der Waals surface area contributed by atoms with E-state index in [0.29, 0.717) is 23.6 Å². The fourth-order valence-electron chi connectivity index (χ4n) is 3.40. The molecule has 0 bridgehead atoms. The van der Waals surface area contributed by atoms with Crippen LogP contribution in [-0.2, 0) is 21.2 Å². The molecule has 2 N–H and O–H groups in total. The summed E-state index contributed by atoms with van der Waals surface area (Å²) in [5.74, 6) is 1.12. The average molecular weight is 453 g/mol. The molecule has 32 heavy (non-hydrogen) atoms. The summed E-state index contributed by atoms with van der Waals surface area (Å²) in [6, 6.07) is 20.9. The number of rotatable bonds is 8. The number of hydrogen-bond donors (Lipinski definition) is 2. The lowest BCUT2D eigenvalue weighted by molar-refractivity contribution is -0.116. The molecule has 0 spiro atoms. The van der Waals surface area contributed by atoms with E-state index in [2.05, 4.69) is 10.0 Å². The second-order valence-electron chi connectivity index (χ2n) is 7.51. The van der Waals surface area contributed by atoms with E-state index in [1.807, 2.05) is 30.3 Å². The van der Waals surface area contributed by atoms with Crippen molar-refractivity contribution in [2.75, 3.05) is 12.1 Å². The zero-order valence-electron chi connectivity index (χ0n) is 17.6. The highest BCUT2D eigenvalue weighted by Crippen LogP contribution is 2.34. The Morgan fingerprint density at radius 3 is 2.44 bits per heavy atom. The van der Waals surface area contributed by atoms with Crippen LogP contribution in [0.1, 0.15) is 30.5 Å². The van der Waals surface area contributed by atoms with Crippen molar-refractivity contribution in [1.82, 2.24) is 4.72 Å². The van der Waals surface area contributed by atoms with Crippen LogP contribution in [0.4, 0.5) is 5.69 Å². The number of hydrogen-bond acceptors (Lipinski definition) is 5. The molecule has 1 aliphatic heterocycles.